The Hall–Kier alpha value is -0.940. The molecule has 1 aromatic rings. The summed E-state index contributed by atoms with van der Waals surface area (Å²) in [5.74, 6) is 1.82. The van der Waals surface area contributed by atoms with E-state index in [1.54, 1.807) is 7.11 Å². The second-order valence-electron chi connectivity index (χ2n) is 5.93. The van der Waals surface area contributed by atoms with Gasteiger partial charge in [-0.15, -0.1) is 0 Å². The maximum atomic E-state index is 5.57. The highest BCUT2D eigenvalue weighted by atomic mass is 16.5. The molecule has 3 unspecified atom stereocenters. The van der Waals surface area contributed by atoms with Crippen molar-refractivity contribution in [1.82, 2.24) is 15.5 Å². The van der Waals surface area contributed by atoms with E-state index in [2.05, 4.69) is 29.3 Å². The van der Waals surface area contributed by atoms with Gasteiger partial charge in [-0.25, -0.2) is 0 Å². The van der Waals surface area contributed by atoms with Gasteiger partial charge < -0.3 is 14.6 Å². The van der Waals surface area contributed by atoms with Crippen molar-refractivity contribution >= 4 is 0 Å². The third kappa shape index (κ3) is 4.27. The van der Waals surface area contributed by atoms with Crippen LogP contribution in [0.2, 0.25) is 0 Å². The Kier molecular flexibility index (Phi) is 6.64. The van der Waals surface area contributed by atoms with Gasteiger partial charge in [0.15, 0.2) is 0 Å². The molecule has 3 atom stereocenters. The molecule has 1 aliphatic rings. The van der Waals surface area contributed by atoms with Crippen molar-refractivity contribution in [2.45, 2.75) is 76.9 Å². The van der Waals surface area contributed by atoms with E-state index in [0.29, 0.717) is 17.8 Å². The fourth-order valence-electron chi connectivity index (χ4n) is 3.16. The van der Waals surface area contributed by atoms with Crippen LogP contribution in [0.15, 0.2) is 4.52 Å². The fourth-order valence-corrected chi connectivity index (χ4v) is 3.16. The molecule has 5 nitrogen and oxygen atoms in total. The molecule has 21 heavy (non-hydrogen) atoms. The van der Waals surface area contributed by atoms with Crippen molar-refractivity contribution in [2.75, 3.05) is 13.7 Å². The minimum atomic E-state index is -0.0599. The van der Waals surface area contributed by atoms with E-state index in [-0.39, 0.29) is 6.10 Å². The van der Waals surface area contributed by atoms with Crippen molar-refractivity contribution < 1.29 is 9.26 Å². The summed E-state index contributed by atoms with van der Waals surface area (Å²) in [4.78, 5) is 4.63. The summed E-state index contributed by atoms with van der Waals surface area (Å²) in [6.45, 7) is 5.33. The first-order valence-electron chi connectivity index (χ1n) is 8.39. The minimum absolute atomic E-state index is 0.0599. The van der Waals surface area contributed by atoms with Crippen molar-refractivity contribution in [2.24, 2.45) is 0 Å². The lowest BCUT2D eigenvalue weighted by Crippen LogP contribution is -2.35. The number of hydrogen-bond acceptors (Lipinski definition) is 5. The largest absolute Gasteiger partial charge is 0.373 e. The Labute approximate surface area is 127 Å². The molecule has 1 aromatic heterocycles. The summed E-state index contributed by atoms with van der Waals surface area (Å²) >= 11 is 0. The molecular formula is C16H29N3O2. The second-order valence-corrected chi connectivity index (χ2v) is 5.93. The Balaban J connectivity index is 2.12. The maximum Gasteiger partial charge on any atom is 0.231 e. The highest BCUT2D eigenvalue weighted by molar-refractivity contribution is 5.02. The highest BCUT2D eigenvalue weighted by Crippen LogP contribution is 2.32. The topological polar surface area (TPSA) is 60.2 Å². The van der Waals surface area contributed by atoms with Crippen LogP contribution in [0.5, 0.6) is 0 Å². The number of methoxy groups -OCH3 is 1. The molecule has 0 amide bonds. The number of rotatable bonds is 7. The average molecular weight is 295 g/mol. The number of aromatic nitrogens is 2. The Morgan fingerprint density at radius 1 is 1.29 bits per heavy atom. The van der Waals surface area contributed by atoms with Crippen LogP contribution in [0.25, 0.3) is 0 Å². The molecule has 1 fully saturated rings. The predicted molar refractivity (Wildman–Crippen MR) is 82.2 cm³/mol. The van der Waals surface area contributed by atoms with E-state index >= 15 is 0 Å². The molecule has 5 heteroatoms. The standard InChI is InChI=1S/C16H29N3O2/c1-4-11-17-13-10-8-6-7-9-12(13)16-18-15(19-21-16)14(5-2)20-3/h12-14,17H,4-11H2,1-3H3. The van der Waals surface area contributed by atoms with Gasteiger partial charge in [-0.2, -0.15) is 4.98 Å². The van der Waals surface area contributed by atoms with Gasteiger partial charge in [-0.05, 0) is 32.2 Å². The molecule has 1 saturated carbocycles. The van der Waals surface area contributed by atoms with Gasteiger partial charge in [-0.1, -0.05) is 38.3 Å². The smallest absolute Gasteiger partial charge is 0.231 e. The molecule has 0 saturated heterocycles. The van der Waals surface area contributed by atoms with Crippen molar-refractivity contribution in [3.05, 3.63) is 11.7 Å². The average Bonchev–Trinajstić information content (AvgIpc) is 2.85. The van der Waals surface area contributed by atoms with E-state index in [0.717, 1.165) is 31.7 Å². The zero-order valence-corrected chi connectivity index (χ0v) is 13.6. The molecule has 0 aliphatic heterocycles. The highest BCUT2D eigenvalue weighted by Gasteiger charge is 2.30. The molecule has 1 N–H and O–H groups in total. The summed E-state index contributed by atoms with van der Waals surface area (Å²) in [5, 5.41) is 7.81. The van der Waals surface area contributed by atoms with Gasteiger partial charge in [0.1, 0.15) is 6.10 Å². The lowest BCUT2D eigenvalue weighted by atomic mass is 9.94. The quantitative estimate of drug-likeness (QED) is 0.779. The van der Waals surface area contributed by atoms with Gasteiger partial charge in [0, 0.05) is 13.2 Å². The number of nitrogens with zero attached hydrogens (tertiary/aromatic N) is 2. The fraction of sp³-hybridized carbons (Fsp3) is 0.875. The van der Waals surface area contributed by atoms with Crippen molar-refractivity contribution in [3.63, 3.8) is 0 Å². The molecule has 2 rings (SSSR count). The molecular weight excluding hydrogens is 266 g/mol. The third-order valence-corrected chi connectivity index (χ3v) is 4.39. The molecule has 0 bridgehead atoms. The van der Waals surface area contributed by atoms with Gasteiger partial charge >= 0.3 is 0 Å². The molecule has 0 spiro atoms. The van der Waals surface area contributed by atoms with Gasteiger partial charge in [0.2, 0.25) is 11.7 Å². The van der Waals surface area contributed by atoms with Crippen LogP contribution in [0, 0.1) is 0 Å². The minimum Gasteiger partial charge on any atom is -0.373 e. The molecule has 0 radical (unpaired) electrons. The predicted octanol–water partition coefficient (Wildman–Crippen LogP) is 3.58. The van der Waals surface area contributed by atoms with Crippen LogP contribution in [0.1, 0.15) is 82.5 Å². The SMILES string of the molecule is CCCNC1CCCCCC1c1nc(C(CC)OC)no1. The summed E-state index contributed by atoms with van der Waals surface area (Å²) in [5.41, 5.74) is 0. The van der Waals surface area contributed by atoms with Crippen molar-refractivity contribution in [1.29, 1.82) is 0 Å². The lowest BCUT2D eigenvalue weighted by molar-refractivity contribution is 0.0903. The second kappa shape index (κ2) is 8.49. The van der Waals surface area contributed by atoms with E-state index in [1.165, 1.54) is 25.7 Å². The van der Waals surface area contributed by atoms with E-state index < -0.39 is 0 Å². The number of nitrogens with one attached hydrogen (secondary N) is 1. The van der Waals surface area contributed by atoms with Crippen LogP contribution >= 0.6 is 0 Å². The van der Waals surface area contributed by atoms with Gasteiger partial charge in [-0.3, -0.25) is 0 Å². The zero-order chi connectivity index (χ0) is 15.1. The van der Waals surface area contributed by atoms with E-state index in [9.17, 15) is 0 Å². The summed E-state index contributed by atoms with van der Waals surface area (Å²) in [7, 11) is 1.70. The number of ether oxygens (including phenoxy) is 1. The van der Waals surface area contributed by atoms with Crippen LogP contribution in [-0.4, -0.2) is 29.8 Å². The molecule has 1 aliphatic carbocycles. The summed E-state index contributed by atoms with van der Waals surface area (Å²) in [6, 6.07) is 0.461. The first-order chi connectivity index (χ1) is 10.3. The monoisotopic (exact) mass is 295 g/mol. The van der Waals surface area contributed by atoms with E-state index in [1.807, 2.05) is 0 Å². The van der Waals surface area contributed by atoms with Crippen molar-refractivity contribution in [3.8, 4) is 0 Å². The van der Waals surface area contributed by atoms with Crippen LogP contribution in [0.4, 0.5) is 0 Å². The zero-order valence-electron chi connectivity index (χ0n) is 13.6. The molecule has 120 valence electrons. The van der Waals surface area contributed by atoms with Gasteiger partial charge in [0.25, 0.3) is 0 Å². The Bertz CT molecular complexity index is 404. The first kappa shape index (κ1) is 16.4. The Morgan fingerprint density at radius 2 is 2.10 bits per heavy atom. The Morgan fingerprint density at radius 3 is 2.81 bits per heavy atom. The van der Waals surface area contributed by atoms with Crippen LogP contribution in [0.3, 0.4) is 0 Å². The number of hydrogen-bond donors (Lipinski definition) is 1. The normalized spacial score (nSPS) is 24.7. The maximum absolute atomic E-state index is 5.57. The van der Waals surface area contributed by atoms with Gasteiger partial charge in [0.05, 0.1) is 5.92 Å². The van der Waals surface area contributed by atoms with E-state index in [4.69, 9.17) is 9.26 Å². The molecule has 0 aromatic carbocycles. The summed E-state index contributed by atoms with van der Waals surface area (Å²) < 4.78 is 11.0. The lowest BCUT2D eigenvalue weighted by Gasteiger charge is -2.23. The third-order valence-electron chi connectivity index (χ3n) is 4.39. The summed E-state index contributed by atoms with van der Waals surface area (Å²) in [6.07, 6.45) is 8.12. The van der Waals surface area contributed by atoms with Crippen LogP contribution < -0.4 is 5.32 Å². The molecule has 1 heterocycles. The van der Waals surface area contributed by atoms with Crippen LogP contribution in [-0.2, 0) is 4.74 Å². The first-order valence-corrected chi connectivity index (χ1v) is 8.39.